The Balaban J connectivity index is 1.51. The number of sulfonamides is 1. The van der Waals surface area contributed by atoms with Gasteiger partial charge in [0.25, 0.3) is 15.9 Å². The van der Waals surface area contributed by atoms with Crippen LogP contribution in [0.25, 0.3) is 0 Å². The van der Waals surface area contributed by atoms with Gasteiger partial charge in [-0.25, -0.2) is 21.6 Å². The number of halogens is 6. The Hall–Kier alpha value is -2.72. The van der Waals surface area contributed by atoms with Gasteiger partial charge in [-0.15, -0.1) is 5.10 Å². The molecule has 38 heavy (non-hydrogen) atoms. The van der Waals surface area contributed by atoms with Crippen LogP contribution < -0.4 is 5.32 Å². The second-order valence-corrected chi connectivity index (χ2v) is 11.5. The minimum Gasteiger partial charge on any atom is -0.350 e. The molecule has 9 nitrogen and oxygen atoms in total. The average Bonchev–Trinajstić information content (AvgIpc) is 3.30. The lowest BCUT2D eigenvalue weighted by Gasteiger charge is -2.50. The molecule has 0 spiro atoms. The summed E-state index contributed by atoms with van der Waals surface area (Å²) in [4.78, 5) is 14.6. The normalized spacial score (nSPS) is 20.8. The van der Waals surface area contributed by atoms with Crippen LogP contribution in [0.5, 0.6) is 0 Å². The summed E-state index contributed by atoms with van der Waals surface area (Å²) in [5.41, 5.74) is -3.25. The quantitative estimate of drug-likeness (QED) is 0.538. The van der Waals surface area contributed by atoms with Crippen molar-refractivity contribution in [3.8, 4) is 0 Å². The summed E-state index contributed by atoms with van der Waals surface area (Å²) in [7, 11) is -2.41. The Morgan fingerprint density at radius 1 is 1.08 bits per heavy atom. The van der Waals surface area contributed by atoms with Crippen molar-refractivity contribution < 1.29 is 39.6 Å². The van der Waals surface area contributed by atoms with Gasteiger partial charge in [0.1, 0.15) is 5.82 Å². The molecule has 0 unspecified atom stereocenters. The number of carbonyl (C=O) groups excluding carboxylic acids is 1. The van der Waals surface area contributed by atoms with E-state index in [1.807, 2.05) is 0 Å². The number of aryl methyl sites for hydroxylation is 1. The standard InChI is InChI=1S/C22H26F6N6O3S/c1-32-13-18(30-31-32)38(36,37)34-10-8-33(9-11-34)20(4-6-21(24,25)7-5-20)14-29-19(35)16-3-2-15(23)12-17(16)22(26,27)28/h2-3,12-13H,4-11,14H2,1H3,(H,29,35). The first kappa shape index (κ1) is 28.3. The van der Waals surface area contributed by atoms with Gasteiger partial charge in [0.15, 0.2) is 0 Å². The van der Waals surface area contributed by atoms with Crippen molar-refractivity contribution in [2.75, 3.05) is 32.7 Å². The van der Waals surface area contributed by atoms with E-state index in [0.29, 0.717) is 0 Å². The lowest BCUT2D eigenvalue weighted by atomic mass is 9.78. The Morgan fingerprint density at radius 3 is 2.26 bits per heavy atom. The van der Waals surface area contributed by atoms with Gasteiger partial charge in [0.05, 0.1) is 17.3 Å². The van der Waals surface area contributed by atoms with E-state index >= 15 is 0 Å². The van der Waals surface area contributed by atoms with E-state index < -0.39 is 63.4 Å². The van der Waals surface area contributed by atoms with E-state index in [1.165, 1.54) is 22.2 Å². The molecular formula is C22H26F6N6O3S. The summed E-state index contributed by atoms with van der Waals surface area (Å²) in [6.07, 6.45) is -4.84. The van der Waals surface area contributed by atoms with E-state index in [4.69, 9.17) is 0 Å². The molecule has 16 heteroatoms. The first-order valence-electron chi connectivity index (χ1n) is 11.8. The topological polar surface area (TPSA) is 100 Å². The van der Waals surface area contributed by atoms with Crippen LogP contribution in [0.2, 0.25) is 0 Å². The summed E-state index contributed by atoms with van der Waals surface area (Å²) in [5.74, 6) is -5.20. The van der Waals surface area contributed by atoms with Gasteiger partial charge in [0.2, 0.25) is 10.9 Å². The van der Waals surface area contributed by atoms with Crippen LogP contribution in [-0.2, 0) is 23.2 Å². The number of alkyl halides is 5. The van der Waals surface area contributed by atoms with Crippen molar-refractivity contribution in [3.05, 3.63) is 41.3 Å². The van der Waals surface area contributed by atoms with E-state index in [1.54, 1.807) is 4.90 Å². The third-order valence-electron chi connectivity index (χ3n) is 7.12. The molecule has 1 amide bonds. The van der Waals surface area contributed by atoms with E-state index in [-0.39, 0.29) is 56.7 Å². The van der Waals surface area contributed by atoms with Gasteiger partial charge in [-0.2, -0.15) is 17.5 Å². The molecule has 1 aliphatic carbocycles. The number of rotatable bonds is 6. The number of nitrogens with one attached hydrogen (secondary N) is 1. The van der Waals surface area contributed by atoms with Gasteiger partial charge in [0, 0.05) is 58.2 Å². The Labute approximate surface area is 214 Å². The molecule has 0 bridgehead atoms. The Bertz CT molecular complexity index is 1280. The van der Waals surface area contributed by atoms with Crippen LogP contribution in [0.15, 0.2) is 29.4 Å². The third kappa shape index (κ3) is 5.81. The lowest BCUT2D eigenvalue weighted by molar-refractivity contribution is -0.138. The minimum absolute atomic E-state index is 0.0151. The van der Waals surface area contributed by atoms with E-state index in [0.717, 1.165) is 12.1 Å². The predicted octanol–water partition coefficient (Wildman–Crippen LogP) is 2.66. The van der Waals surface area contributed by atoms with E-state index in [2.05, 4.69) is 15.6 Å². The summed E-state index contributed by atoms with van der Waals surface area (Å²) >= 11 is 0. The fraction of sp³-hybridized carbons (Fsp3) is 0.591. The summed E-state index contributed by atoms with van der Waals surface area (Å²) in [5, 5.41) is 9.48. The number of nitrogens with zero attached hydrogens (tertiary/aromatic N) is 5. The molecule has 210 valence electrons. The molecule has 1 saturated carbocycles. The highest BCUT2D eigenvalue weighted by molar-refractivity contribution is 7.89. The number of hydrogen-bond acceptors (Lipinski definition) is 6. The fourth-order valence-electron chi connectivity index (χ4n) is 4.95. The minimum atomic E-state index is -4.98. The zero-order valence-corrected chi connectivity index (χ0v) is 21.1. The van der Waals surface area contributed by atoms with Gasteiger partial charge >= 0.3 is 6.18 Å². The van der Waals surface area contributed by atoms with Crippen molar-refractivity contribution in [2.45, 2.75) is 48.3 Å². The van der Waals surface area contributed by atoms with Crippen molar-refractivity contribution in [3.63, 3.8) is 0 Å². The first-order valence-corrected chi connectivity index (χ1v) is 13.2. The van der Waals surface area contributed by atoms with Crippen LogP contribution in [0.1, 0.15) is 41.6 Å². The second-order valence-electron chi connectivity index (χ2n) is 9.57. The highest BCUT2D eigenvalue weighted by Crippen LogP contribution is 2.42. The molecular weight excluding hydrogens is 542 g/mol. The maximum atomic E-state index is 14.0. The highest BCUT2D eigenvalue weighted by Gasteiger charge is 2.48. The van der Waals surface area contributed by atoms with Crippen molar-refractivity contribution >= 4 is 15.9 Å². The predicted molar refractivity (Wildman–Crippen MR) is 121 cm³/mol. The van der Waals surface area contributed by atoms with Crippen LogP contribution in [0, 0.1) is 5.82 Å². The van der Waals surface area contributed by atoms with Gasteiger partial charge in [-0.05, 0) is 31.0 Å². The monoisotopic (exact) mass is 568 g/mol. The average molecular weight is 569 g/mol. The number of carbonyl (C=O) groups is 1. The number of benzene rings is 1. The second kappa shape index (κ2) is 10.1. The SMILES string of the molecule is Cn1cc(S(=O)(=O)N2CCN(C3(CNC(=O)c4ccc(F)cc4C(F)(F)F)CCC(F)(F)CC3)CC2)nn1. The molecule has 2 aliphatic rings. The van der Waals surface area contributed by atoms with Gasteiger partial charge in [-0.1, -0.05) is 5.21 Å². The maximum Gasteiger partial charge on any atom is 0.417 e. The molecule has 4 rings (SSSR count). The molecule has 1 aliphatic heterocycles. The molecule has 0 radical (unpaired) electrons. The van der Waals surface area contributed by atoms with Crippen molar-refractivity contribution in [2.24, 2.45) is 7.05 Å². The smallest absolute Gasteiger partial charge is 0.350 e. The van der Waals surface area contributed by atoms with Crippen LogP contribution in [0.3, 0.4) is 0 Å². The molecule has 2 heterocycles. The third-order valence-corrected chi connectivity index (χ3v) is 8.88. The largest absolute Gasteiger partial charge is 0.417 e. The van der Waals surface area contributed by atoms with Crippen molar-refractivity contribution in [1.29, 1.82) is 0 Å². The van der Waals surface area contributed by atoms with Crippen LogP contribution in [0.4, 0.5) is 26.3 Å². The number of aromatic nitrogens is 3. The summed E-state index contributed by atoms with van der Waals surface area (Å²) in [6, 6.07) is 1.69. The lowest BCUT2D eigenvalue weighted by Crippen LogP contribution is -2.63. The van der Waals surface area contributed by atoms with Crippen LogP contribution in [-0.4, -0.2) is 82.7 Å². The molecule has 0 atom stereocenters. The molecule has 1 aromatic carbocycles. The first-order chi connectivity index (χ1) is 17.6. The zero-order chi connectivity index (χ0) is 27.9. The molecule has 2 aromatic rings. The molecule has 1 aromatic heterocycles. The Morgan fingerprint density at radius 2 is 1.71 bits per heavy atom. The summed E-state index contributed by atoms with van der Waals surface area (Å²) < 4.78 is 110. The van der Waals surface area contributed by atoms with Gasteiger partial charge < -0.3 is 5.32 Å². The summed E-state index contributed by atoms with van der Waals surface area (Å²) in [6.45, 7) is 0.0758. The molecule has 1 saturated heterocycles. The number of piperazine rings is 1. The van der Waals surface area contributed by atoms with Crippen LogP contribution >= 0.6 is 0 Å². The number of hydrogen-bond donors (Lipinski definition) is 1. The fourth-order valence-corrected chi connectivity index (χ4v) is 6.29. The molecule has 1 N–H and O–H groups in total. The maximum absolute atomic E-state index is 14.0. The van der Waals surface area contributed by atoms with Gasteiger partial charge in [-0.3, -0.25) is 14.4 Å². The zero-order valence-electron chi connectivity index (χ0n) is 20.3. The highest BCUT2D eigenvalue weighted by atomic mass is 32.2. The van der Waals surface area contributed by atoms with Crippen molar-refractivity contribution in [1.82, 2.24) is 29.5 Å². The molecule has 2 fully saturated rings. The number of amides is 1. The van der Waals surface area contributed by atoms with E-state index in [9.17, 15) is 39.6 Å². The Kier molecular flexibility index (Phi) is 7.53.